The van der Waals surface area contributed by atoms with E-state index in [2.05, 4.69) is 10.4 Å². The minimum absolute atomic E-state index is 0.125. The molecule has 0 aliphatic carbocycles. The molecule has 27 heavy (non-hydrogen) atoms. The van der Waals surface area contributed by atoms with Gasteiger partial charge in [0, 0.05) is 19.0 Å². The van der Waals surface area contributed by atoms with Gasteiger partial charge in [-0.05, 0) is 30.2 Å². The zero-order chi connectivity index (χ0) is 19.6. The summed E-state index contributed by atoms with van der Waals surface area (Å²) >= 11 is 0. The first-order valence-corrected chi connectivity index (χ1v) is 8.18. The number of aryl methyl sites for hydroxylation is 1. The molecule has 5 nitrogen and oxygen atoms in total. The van der Waals surface area contributed by atoms with Crippen molar-refractivity contribution >= 4 is 16.7 Å². The Labute approximate surface area is 152 Å². The van der Waals surface area contributed by atoms with Crippen LogP contribution in [0, 0.1) is 0 Å². The van der Waals surface area contributed by atoms with Gasteiger partial charge < -0.3 is 5.32 Å². The molecule has 0 saturated heterocycles. The quantitative estimate of drug-likeness (QED) is 0.763. The first-order valence-electron chi connectivity index (χ1n) is 8.18. The summed E-state index contributed by atoms with van der Waals surface area (Å²) in [5.74, 6) is -0.450. The lowest BCUT2D eigenvalue weighted by molar-refractivity contribution is -0.137. The van der Waals surface area contributed by atoms with Crippen molar-refractivity contribution in [3.63, 3.8) is 0 Å². The fourth-order valence-corrected chi connectivity index (χ4v) is 2.73. The molecule has 0 unspecified atom stereocenters. The van der Waals surface area contributed by atoms with Crippen molar-refractivity contribution in [2.45, 2.75) is 12.6 Å². The van der Waals surface area contributed by atoms with Crippen molar-refractivity contribution in [3.8, 4) is 0 Å². The van der Waals surface area contributed by atoms with Crippen LogP contribution in [0.1, 0.15) is 21.6 Å². The molecule has 2 aromatic carbocycles. The minimum Gasteiger partial charge on any atom is -0.350 e. The van der Waals surface area contributed by atoms with Crippen LogP contribution in [0.25, 0.3) is 10.8 Å². The van der Waals surface area contributed by atoms with Crippen molar-refractivity contribution < 1.29 is 18.0 Å². The highest BCUT2D eigenvalue weighted by Crippen LogP contribution is 2.29. The van der Waals surface area contributed by atoms with Crippen LogP contribution >= 0.6 is 0 Å². The zero-order valence-corrected chi connectivity index (χ0v) is 14.4. The summed E-state index contributed by atoms with van der Waals surface area (Å²) in [6.45, 7) is 0.225. The number of hydrogen-bond acceptors (Lipinski definition) is 3. The number of nitrogens with zero attached hydrogens (tertiary/aromatic N) is 2. The van der Waals surface area contributed by atoms with Gasteiger partial charge in [0.2, 0.25) is 0 Å². The number of carbonyl (C=O) groups excluding carboxylic acids is 1. The third kappa shape index (κ3) is 3.99. The number of fused-ring (bicyclic) bond motifs is 1. The highest BCUT2D eigenvalue weighted by Gasteiger charge is 2.29. The lowest BCUT2D eigenvalue weighted by Crippen LogP contribution is -2.30. The number of amides is 1. The summed E-state index contributed by atoms with van der Waals surface area (Å²) in [7, 11) is 1.47. The molecule has 0 aliphatic heterocycles. The van der Waals surface area contributed by atoms with E-state index in [1.807, 2.05) is 0 Å². The van der Waals surface area contributed by atoms with Gasteiger partial charge in [-0.2, -0.15) is 18.3 Å². The van der Waals surface area contributed by atoms with E-state index in [-0.39, 0.29) is 17.8 Å². The molecule has 0 bridgehead atoms. The molecule has 3 aromatic rings. The SMILES string of the molecule is Cn1nc(C(=O)NCCc2ccc(C(F)(F)F)cc2)c2ccccc2c1=O. The maximum Gasteiger partial charge on any atom is 0.416 e. The zero-order valence-electron chi connectivity index (χ0n) is 14.4. The average Bonchev–Trinajstić information content (AvgIpc) is 2.64. The normalized spacial score (nSPS) is 11.6. The third-order valence-corrected chi connectivity index (χ3v) is 4.15. The van der Waals surface area contributed by atoms with Crippen molar-refractivity contribution in [2.75, 3.05) is 6.54 Å². The molecule has 0 fully saturated rings. The van der Waals surface area contributed by atoms with E-state index in [0.717, 1.165) is 16.8 Å². The van der Waals surface area contributed by atoms with Crippen molar-refractivity contribution in [1.82, 2.24) is 15.1 Å². The number of alkyl halides is 3. The van der Waals surface area contributed by atoms with Gasteiger partial charge in [-0.1, -0.05) is 30.3 Å². The first kappa shape index (κ1) is 18.6. The van der Waals surface area contributed by atoms with Crippen LogP contribution in [0.4, 0.5) is 13.2 Å². The van der Waals surface area contributed by atoms with E-state index in [9.17, 15) is 22.8 Å². The Hall–Kier alpha value is -3.16. The lowest BCUT2D eigenvalue weighted by Gasteiger charge is -2.10. The van der Waals surface area contributed by atoms with E-state index in [1.165, 1.54) is 19.2 Å². The molecule has 0 spiro atoms. The van der Waals surface area contributed by atoms with Crippen molar-refractivity contribution in [2.24, 2.45) is 7.05 Å². The summed E-state index contributed by atoms with van der Waals surface area (Å²) in [5, 5.41) is 7.57. The summed E-state index contributed by atoms with van der Waals surface area (Å²) < 4.78 is 38.8. The molecule has 1 N–H and O–H groups in total. The predicted molar refractivity (Wildman–Crippen MR) is 94.5 cm³/mol. The Morgan fingerprint density at radius 3 is 2.33 bits per heavy atom. The Bertz CT molecular complexity index is 1040. The van der Waals surface area contributed by atoms with Crippen LogP contribution in [-0.2, 0) is 19.6 Å². The van der Waals surface area contributed by atoms with Crippen LogP contribution in [0.15, 0.2) is 53.3 Å². The van der Waals surface area contributed by atoms with Crippen LogP contribution in [0.5, 0.6) is 0 Å². The van der Waals surface area contributed by atoms with Gasteiger partial charge in [0.25, 0.3) is 11.5 Å². The highest BCUT2D eigenvalue weighted by atomic mass is 19.4. The van der Waals surface area contributed by atoms with Gasteiger partial charge in [-0.25, -0.2) is 4.68 Å². The molecule has 1 aromatic heterocycles. The predicted octanol–water partition coefficient (Wildman–Crippen LogP) is 2.92. The minimum atomic E-state index is -4.37. The molecular formula is C19H16F3N3O2. The molecule has 0 radical (unpaired) electrons. The summed E-state index contributed by atoms with van der Waals surface area (Å²) in [4.78, 5) is 24.5. The largest absolute Gasteiger partial charge is 0.416 e. The number of benzene rings is 2. The number of rotatable bonds is 4. The summed E-state index contributed by atoms with van der Waals surface area (Å²) in [6, 6.07) is 11.5. The number of hydrogen-bond donors (Lipinski definition) is 1. The number of carbonyl (C=O) groups is 1. The second kappa shape index (κ2) is 7.22. The highest BCUT2D eigenvalue weighted by molar-refractivity contribution is 6.04. The monoisotopic (exact) mass is 375 g/mol. The molecule has 1 amide bonds. The van der Waals surface area contributed by atoms with Gasteiger partial charge in [0.05, 0.1) is 10.9 Å². The Kier molecular flexibility index (Phi) is 4.98. The molecule has 0 atom stereocenters. The van der Waals surface area contributed by atoms with Gasteiger partial charge in [0.1, 0.15) is 0 Å². The summed E-state index contributed by atoms with van der Waals surface area (Å²) in [6.07, 6.45) is -4.00. The van der Waals surface area contributed by atoms with E-state index < -0.39 is 17.6 Å². The molecule has 0 aliphatic rings. The second-order valence-electron chi connectivity index (χ2n) is 6.02. The molecule has 8 heteroatoms. The second-order valence-corrected chi connectivity index (χ2v) is 6.02. The third-order valence-electron chi connectivity index (χ3n) is 4.15. The van der Waals surface area contributed by atoms with Gasteiger partial charge in [0.15, 0.2) is 5.69 Å². The number of nitrogens with one attached hydrogen (secondary N) is 1. The fourth-order valence-electron chi connectivity index (χ4n) is 2.73. The fraction of sp³-hybridized carbons (Fsp3) is 0.211. The average molecular weight is 375 g/mol. The smallest absolute Gasteiger partial charge is 0.350 e. The Morgan fingerprint density at radius 2 is 1.70 bits per heavy atom. The van der Waals surface area contributed by atoms with Crippen molar-refractivity contribution in [3.05, 3.63) is 75.7 Å². The van der Waals surface area contributed by atoms with E-state index >= 15 is 0 Å². The van der Waals surface area contributed by atoms with Crippen LogP contribution in [-0.4, -0.2) is 22.2 Å². The van der Waals surface area contributed by atoms with E-state index in [4.69, 9.17) is 0 Å². The van der Waals surface area contributed by atoms with Crippen molar-refractivity contribution in [1.29, 1.82) is 0 Å². The molecule has 1 heterocycles. The Balaban J connectivity index is 1.71. The molecule has 3 rings (SSSR count). The van der Waals surface area contributed by atoms with Gasteiger partial charge >= 0.3 is 6.18 Å². The van der Waals surface area contributed by atoms with Gasteiger partial charge in [-0.15, -0.1) is 0 Å². The number of halogens is 3. The summed E-state index contributed by atoms with van der Waals surface area (Å²) in [5.41, 5.74) is -0.218. The van der Waals surface area contributed by atoms with Crippen LogP contribution in [0.2, 0.25) is 0 Å². The van der Waals surface area contributed by atoms with Crippen LogP contribution < -0.4 is 10.9 Å². The van der Waals surface area contributed by atoms with E-state index in [0.29, 0.717) is 22.8 Å². The molecule has 140 valence electrons. The Morgan fingerprint density at radius 1 is 1.07 bits per heavy atom. The number of aromatic nitrogens is 2. The topological polar surface area (TPSA) is 64.0 Å². The van der Waals surface area contributed by atoms with E-state index in [1.54, 1.807) is 24.3 Å². The first-order chi connectivity index (χ1) is 12.8. The standard InChI is InChI=1S/C19H16F3N3O2/c1-25-18(27)15-5-3-2-4-14(15)16(24-25)17(26)23-11-10-12-6-8-13(9-7-12)19(20,21)22/h2-9H,10-11H2,1H3,(H,23,26). The van der Waals surface area contributed by atoms with Gasteiger partial charge in [-0.3, -0.25) is 9.59 Å². The molecule has 0 saturated carbocycles. The molecular weight excluding hydrogens is 359 g/mol. The van der Waals surface area contributed by atoms with Crippen LogP contribution in [0.3, 0.4) is 0 Å². The lowest BCUT2D eigenvalue weighted by atomic mass is 10.1. The maximum atomic E-state index is 12.6. The maximum absolute atomic E-state index is 12.6.